The highest BCUT2D eigenvalue weighted by Gasteiger charge is 2.36. The topological polar surface area (TPSA) is 34.2 Å². The lowest BCUT2D eigenvalue weighted by atomic mass is 9.74. The molecular weight excluding hydrogens is 325 g/mol. The molecule has 1 aromatic heterocycles. The number of hydrogen-bond acceptors (Lipinski definition) is 4. The van der Waals surface area contributed by atoms with Crippen LogP contribution in [0.1, 0.15) is 23.3 Å². The van der Waals surface area contributed by atoms with Gasteiger partial charge < -0.3 is 10.1 Å². The number of anilines is 1. The maximum absolute atomic E-state index is 12.7. The first kappa shape index (κ1) is 16.3. The van der Waals surface area contributed by atoms with Crippen LogP contribution in [-0.4, -0.2) is 24.7 Å². The van der Waals surface area contributed by atoms with Crippen LogP contribution in [0.25, 0.3) is 0 Å². The van der Waals surface area contributed by atoms with E-state index in [2.05, 4.69) is 22.4 Å². The molecule has 7 heteroatoms. The molecule has 0 bridgehead atoms. The summed E-state index contributed by atoms with van der Waals surface area (Å²) < 4.78 is 43.4. The maximum atomic E-state index is 12.7. The summed E-state index contributed by atoms with van der Waals surface area (Å²) >= 11 is 0.644. The molecule has 1 N–H and O–H groups in total. The Morgan fingerprint density at radius 1 is 1.17 bits per heavy atom. The van der Waals surface area contributed by atoms with Gasteiger partial charge in [0.25, 0.3) is 0 Å². The minimum Gasteiger partial charge on any atom is -0.381 e. The van der Waals surface area contributed by atoms with Crippen molar-refractivity contribution < 1.29 is 17.9 Å². The Bertz CT molecular complexity index is 636. The number of halogens is 3. The van der Waals surface area contributed by atoms with Crippen molar-refractivity contribution in [3.63, 3.8) is 0 Å². The number of thiazole rings is 1. The van der Waals surface area contributed by atoms with Gasteiger partial charge in [0.2, 0.25) is 0 Å². The van der Waals surface area contributed by atoms with Gasteiger partial charge in [-0.25, -0.2) is 4.98 Å². The van der Waals surface area contributed by atoms with E-state index in [9.17, 15) is 13.2 Å². The second-order valence-electron chi connectivity index (χ2n) is 5.64. The molecule has 2 heterocycles. The van der Waals surface area contributed by atoms with Gasteiger partial charge in [0.15, 0.2) is 5.13 Å². The third kappa shape index (κ3) is 3.67. The van der Waals surface area contributed by atoms with Crippen molar-refractivity contribution >= 4 is 16.5 Å². The van der Waals surface area contributed by atoms with Crippen LogP contribution >= 0.6 is 11.3 Å². The van der Waals surface area contributed by atoms with Crippen molar-refractivity contribution in [3.8, 4) is 0 Å². The molecule has 0 unspecified atom stereocenters. The highest BCUT2D eigenvalue weighted by molar-refractivity contribution is 7.15. The summed E-state index contributed by atoms with van der Waals surface area (Å²) in [5.41, 5.74) is 1.05. The van der Waals surface area contributed by atoms with Crippen LogP contribution in [0.2, 0.25) is 0 Å². The van der Waals surface area contributed by atoms with Crippen LogP contribution in [0.15, 0.2) is 36.5 Å². The van der Waals surface area contributed by atoms with Gasteiger partial charge in [-0.05, 0) is 18.4 Å². The van der Waals surface area contributed by atoms with Gasteiger partial charge in [-0.15, -0.1) is 0 Å². The number of nitrogens with zero attached hydrogens (tertiary/aromatic N) is 1. The highest BCUT2D eigenvalue weighted by Crippen LogP contribution is 2.37. The van der Waals surface area contributed by atoms with Crippen molar-refractivity contribution in [3.05, 3.63) is 47.0 Å². The molecule has 3 nitrogen and oxygen atoms in total. The van der Waals surface area contributed by atoms with Crippen molar-refractivity contribution in [1.82, 2.24) is 4.98 Å². The van der Waals surface area contributed by atoms with Gasteiger partial charge in [0.1, 0.15) is 4.88 Å². The molecule has 0 radical (unpaired) electrons. The second-order valence-corrected chi connectivity index (χ2v) is 6.67. The summed E-state index contributed by atoms with van der Waals surface area (Å²) in [4.78, 5) is 3.17. The number of ether oxygens (including phenoxy) is 1. The minimum absolute atomic E-state index is 0.135. The van der Waals surface area contributed by atoms with Crippen LogP contribution in [0.5, 0.6) is 0 Å². The summed E-state index contributed by atoms with van der Waals surface area (Å²) in [6.45, 7) is 1.86. The molecule has 1 aromatic carbocycles. The summed E-state index contributed by atoms with van der Waals surface area (Å²) in [5.74, 6) is 0. The van der Waals surface area contributed by atoms with Crippen molar-refractivity contribution in [2.75, 3.05) is 25.1 Å². The first-order valence-corrected chi connectivity index (χ1v) is 8.21. The van der Waals surface area contributed by atoms with Crippen LogP contribution in [0, 0.1) is 0 Å². The molecule has 0 aliphatic carbocycles. The van der Waals surface area contributed by atoms with E-state index in [1.807, 2.05) is 18.2 Å². The summed E-state index contributed by atoms with van der Waals surface area (Å²) in [6.07, 6.45) is -1.79. The number of alkyl halides is 3. The Labute approximate surface area is 136 Å². The predicted octanol–water partition coefficient (Wildman–Crippen LogP) is 4.32. The third-order valence-electron chi connectivity index (χ3n) is 4.20. The molecule has 1 aliphatic rings. The maximum Gasteiger partial charge on any atom is 0.427 e. The van der Waals surface area contributed by atoms with E-state index in [-0.39, 0.29) is 5.41 Å². The fourth-order valence-corrected chi connectivity index (χ4v) is 3.53. The molecule has 1 saturated heterocycles. The van der Waals surface area contributed by atoms with Crippen LogP contribution in [0.3, 0.4) is 0 Å². The molecule has 0 saturated carbocycles. The van der Waals surface area contributed by atoms with Crippen molar-refractivity contribution in [2.24, 2.45) is 0 Å². The highest BCUT2D eigenvalue weighted by atomic mass is 32.1. The minimum atomic E-state index is -4.34. The molecule has 1 fully saturated rings. The van der Waals surface area contributed by atoms with E-state index in [4.69, 9.17) is 4.74 Å². The fourth-order valence-electron chi connectivity index (χ4n) is 2.85. The lowest BCUT2D eigenvalue weighted by Gasteiger charge is -2.38. The van der Waals surface area contributed by atoms with Crippen LogP contribution in [0.4, 0.5) is 18.3 Å². The normalized spacial score (nSPS) is 17.9. The summed E-state index contributed by atoms with van der Waals surface area (Å²) in [6, 6.07) is 10.1. The first-order chi connectivity index (χ1) is 11.0. The first-order valence-electron chi connectivity index (χ1n) is 7.40. The standard InChI is InChI=1S/C16H17F3N2OS/c17-16(18,19)13-10-20-14(23-13)21-11-15(6-8-22-9-7-15)12-4-2-1-3-5-12/h1-5,10H,6-9,11H2,(H,20,21). The molecule has 1 aliphatic heterocycles. The molecule has 23 heavy (non-hydrogen) atoms. The fraction of sp³-hybridized carbons (Fsp3) is 0.438. The van der Waals surface area contributed by atoms with E-state index in [0.717, 1.165) is 19.0 Å². The van der Waals surface area contributed by atoms with Gasteiger partial charge >= 0.3 is 6.18 Å². The largest absolute Gasteiger partial charge is 0.427 e. The monoisotopic (exact) mass is 342 g/mol. The second kappa shape index (κ2) is 6.49. The number of aromatic nitrogens is 1. The smallest absolute Gasteiger partial charge is 0.381 e. The molecule has 0 spiro atoms. The zero-order valence-corrected chi connectivity index (χ0v) is 13.2. The molecular formula is C16H17F3N2OS. The summed E-state index contributed by atoms with van der Waals surface area (Å²) in [7, 11) is 0. The lowest BCUT2D eigenvalue weighted by Crippen LogP contribution is -2.40. The molecule has 2 aromatic rings. The van der Waals surface area contributed by atoms with E-state index >= 15 is 0 Å². The number of nitrogens with one attached hydrogen (secondary N) is 1. The van der Waals surface area contributed by atoms with Gasteiger partial charge in [0, 0.05) is 25.2 Å². The lowest BCUT2D eigenvalue weighted by molar-refractivity contribution is -0.134. The van der Waals surface area contributed by atoms with E-state index in [1.54, 1.807) is 0 Å². The number of rotatable bonds is 4. The molecule has 3 rings (SSSR count). The van der Waals surface area contributed by atoms with Gasteiger partial charge in [0.05, 0.1) is 6.20 Å². The molecule has 0 amide bonds. The van der Waals surface area contributed by atoms with E-state index in [1.165, 1.54) is 5.56 Å². The zero-order valence-electron chi connectivity index (χ0n) is 12.4. The Balaban J connectivity index is 1.76. The Morgan fingerprint density at radius 3 is 2.48 bits per heavy atom. The van der Waals surface area contributed by atoms with Gasteiger partial charge in [-0.1, -0.05) is 41.7 Å². The molecule has 0 atom stereocenters. The Morgan fingerprint density at radius 2 is 1.87 bits per heavy atom. The van der Waals surface area contributed by atoms with Gasteiger partial charge in [-0.2, -0.15) is 13.2 Å². The van der Waals surface area contributed by atoms with E-state index < -0.39 is 11.1 Å². The number of benzene rings is 1. The predicted molar refractivity (Wildman–Crippen MR) is 83.8 cm³/mol. The van der Waals surface area contributed by atoms with E-state index in [0.29, 0.717) is 36.2 Å². The zero-order chi connectivity index (χ0) is 16.3. The summed E-state index contributed by atoms with van der Waals surface area (Å²) in [5, 5.41) is 3.40. The molecule has 124 valence electrons. The van der Waals surface area contributed by atoms with Gasteiger partial charge in [-0.3, -0.25) is 0 Å². The average Bonchev–Trinajstić information content (AvgIpc) is 3.04. The van der Waals surface area contributed by atoms with Crippen LogP contribution < -0.4 is 5.32 Å². The van der Waals surface area contributed by atoms with Crippen molar-refractivity contribution in [1.29, 1.82) is 0 Å². The number of hydrogen-bond donors (Lipinski definition) is 1. The average molecular weight is 342 g/mol. The van der Waals surface area contributed by atoms with Crippen LogP contribution in [-0.2, 0) is 16.3 Å². The SMILES string of the molecule is FC(F)(F)c1cnc(NCC2(c3ccccc3)CCOCC2)s1. The Kier molecular flexibility index (Phi) is 4.59. The third-order valence-corrected chi connectivity index (χ3v) is 5.20. The quantitative estimate of drug-likeness (QED) is 0.898. The van der Waals surface area contributed by atoms with Crippen molar-refractivity contribution in [2.45, 2.75) is 24.4 Å². The Hall–Kier alpha value is -1.60.